The minimum absolute atomic E-state index is 0.138. The summed E-state index contributed by atoms with van der Waals surface area (Å²) < 4.78 is 1.75. The number of nitro benzene ring substituents is 2. The van der Waals surface area contributed by atoms with Crippen LogP contribution < -0.4 is 0 Å². The molecule has 2 aromatic rings. The average Bonchev–Trinajstić information content (AvgIpc) is 2.34. The number of hydrogen-bond donors (Lipinski definition) is 0. The van der Waals surface area contributed by atoms with E-state index in [9.17, 15) is 20.2 Å². The summed E-state index contributed by atoms with van der Waals surface area (Å²) in [6, 6.07) is 2.08. The van der Waals surface area contributed by atoms with Gasteiger partial charge in [0.15, 0.2) is 0 Å². The zero-order valence-corrected chi connectivity index (χ0v) is 10.8. The fraction of sp³-hybridized carbons (Fsp3) is 0.200. The minimum atomic E-state index is -0.695. The van der Waals surface area contributed by atoms with Crippen molar-refractivity contribution >= 4 is 34.5 Å². The highest BCUT2D eigenvalue weighted by molar-refractivity contribution is 7.71. The molecule has 0 unspecified atom stereocenters. The summed E-state index contributed by atoms with van der Waals surface area (Å²) >= 11 is 5.15. The molecule has 0 saturated heterocycles. The van der Waals surface area contributed by atoms with Gasteiger partial charge in [0.25, 0.3) is 11.4 Å². The highest BCUT2D eigenvalue weighted by Crippen LogP contribution is 2.30. The number of non-ortho nitro benzene ring substituents is 2. The maximum absolute atomic E-state index is 11.0. The standard InChI is InChI=1S/C10H8N4O4S/c1-5-11-7-3-6(13(15)16)4-8(14(17)18)9(7)10(19)12(5)2/h3-4H,1-2H3. The first-order valence-electron chi connectivity index (χ1n) is 5.13. The quantitative estimate of drug-likeness (QED) is 0.475. The first kappa shape index (κ1) is 13.0. The Kier molecular flexibility index (Phi) is 2.98. The van der Waals surface area contributed by atoms with Crippen LogP contribution in [0.1, 0.15) is 5.82 Å². The number of nitrogens with zero attached hydrogens (tertiary/aromatic N) is 4. The van der Waals surface area contributed by atoms with Gasteiger partial charge < -0.3 is 4.57 Å². The Morgan fingerprint density at radius 2 is 1.89 bits per heavy atom. The van der Waals surface area contributed by atoms with Crippen LogP contribution in [-0.4, -0.2) is 19.4 Å². The summed E-state index contributed by atoms with van der Waals surface area (Å²) in [4.78, 5) is 24.5. The number of fused-ring (bicyclic) bond motifs is 1. The average molecular weight is 280 g/mol. The van der Waals surface area contributed by atoms with Gasteiger partial charge in [-0.3, -0.25) is 20.2 Å². The summed E-state index contributed by atoms with van der Waals surface area (Å²) in [6.45, 7) is 1.67. The van der Waals surface area contributed by atoms with Crippen molar-refractivity contribution in [3.05, 3.63) is 42.8 Å². The van der Waals surface area contributed by atoms with Crippen LogP contribution in [0.4, 0.5) is 11.4 Å². The van der Waals surface area contributed by atoms with Crippen LogP contribution in [0.3, 0.4) is 0 Å². The number of benzene rings is 1. The maximum Gasteiger partial charge on any atom is 0.288 e. The van der Waals surface area contributed by atoms with Crippen LogP contribution in [0.2, 0.25) is 0 Å². The molecule has 1 heterocycles. The molecule has 0 aliphatic carbocycles. The van der Waals surface area contributed by atoms with E-state index in [0.29, 0.717) is 5.82 Å². The fourth-order valence-electron chi connectivity index (χ4n) is 1.72. The second-order valence-corrected chi connectivity index (χ2v) is 4.28. The van der Waals surface area contributed by atoms with Gasteiger partial charge in [-0.1, -0.05) is 12.2 Å². The van der Waals surface area contributed by atoms with Crippen molar-refractivity contribution in [3.63, 3.8) is 0 Å². The summed E-state index contributed by atoms with van der Waals surface area (Å²) in [7, 11) is 1.63. The van der Waals surface area contributed by atoms with Gasteiger partial charge >= 0.3 is 0 Å². The van der Waals surface area contributed by atoms with E-state index >= 15 is 0 Å². The molecule has 9 heteroatoms. The molecule has 0 atom stereocenters. The van der Waals surface area contributed by atoms with Crippen molar-refractivity contribution < 1.29 is 9.85 Å². The lowest BCUT2D eigenvalue weighted by molar-refractivity contribution is -0.393. The lowest BCUT2D eigenvalue weighted by Gasteiger charge is -2.07. The SMILES string of the molecule is Cc1nc2cc([N+](=O)[O-])cc([N+](=O)[O-])c2c(=S)n1C. The van der Waals surface area contributed by atoms with E-state index in [1.165, 1.54) is 10.6 Å². The molecular weight excluding hydrogens is 272 g/mol. The smallest absolute Gasteiger partial charge is 0.288 e. The molecule has 98 valence electrons. The van der Waals surface area contributed by atoms with Crippen molar-refractivity contribution in [2.24, 2.45) is 7.05 Å². The van der Waals surface area contributed by atoms with Crippen molar-refractivity contribution in [2.45, 2.75) is 6.92 Å². The second-order valence-electron chi connectivity index (χ2n) is 3.90. The molecule has 2 rings (SSSR count). The molecule has 0 radical (unpaired) electrons. The molecule has 8 nitrogen and oxygen atoms in total. The summed E-state index contributed by atoms with van der Waals surface area (Å²) in [5.41, 5.74) is -0.631. The van der Waals surface area contributed by atoms with Gasteiger partial charge in [0, 0.05) is 13.1 Å². The Labute approximate surface area is 111 Å². The largest absolute Gasteiger partial charge is 0.323 e. The van der Waals surface area contributed by atoms with Crippen LogP contribution >= 0.6 is 12.2 Å². The predicted octanol–water partition coefficient (Wildman–Crippen LogP) is 2.43. The fourth-order valence-corrected chi connectivity index (χ4v) is 2.06. The van der Waals surface area contributed by atoms with Crippen molar-refractivity contribution in [1.29, 1.82) is 0 Å². The highest BCUT2D eigenvalue weighted by atomic mass is 32.1. The molecule has 0 spiro atoms. The third-order valence-electron chi connectivity index (χ3n) is 2.78. The van der Waals surface area contributed by atoms with Crippen LogP contribution in [-0.2, 0) is 7.05 Å². The first-order chi connectivity index (χ1) is 8.82. The van der Waals surface area contributed by atoms with Gasteiger partial charge in [-0.05, 0) is 6.92 Å². The molecule has 0 fully saturated rings. The van der Waals surface area contributed by atoms with Gasteiger partial charge in [-0.25, -0.2) is 4.98 Å². The lowest BCUT2D eigenvalue weighted by Crippen LogP contribution is -2.04. The number of aromatic nitrogens is 2. The molecule has 0 saturated carbocycles. The number of rotatable bonds is 2. The molecule has 0 amide bonds. The number of aryl methyl sites for hydroxylation is 1. The Balaban J connectivity index is 3.04. The number of hydrogen-bond acceptors (Lipinski definition) is 6. The van der Waals surface area contributed by atoms with Gasteiger partial charge in [0.1, 0.15) is 15.9 Å². The molecule has 19 heavy (non-hydrogen) atoms. The molecule has 0 aliphatic heterocycles. The van der Waals surface area contributed by atoms with E-state index in [2.05, 4.69) is 4.98 Å². The van der Waals surface area contributed by atoms with Crippen LogP contribution in [0.5, 0.6) is 0 Å². The summed E-state index contributed by atoms with van der Waals surface area (Å²) in [6.07, 6.45) is 0. The normalized spacial score (nSPS) is 10.6. The van der Waals surface area contributed by atoms with E-state index in [4.69, 9.17) is 12.2 Å². The van der Waals surface area contributed by atoms with Gasteiger partial charge in [-0.15, -0.1) is 0 Å². The van der Waals surface area contributed by atoms with E-state index in [1.807, 2.05) is 0 Å². The first-order valence-corrected chi connectivity index (χ1v) is 5.54. The molecule has 0 bridgehead atoms. The topological polar surface area (TPSA) is 104 Å². The Morgan fingerprint density at radius 3 is 2.42 bits per heavy atom. The van der Waals surface area contributed by atoms with Crippen LogP contribution in [0.15, 0.2) is 12.1 Å². The Morgan fingerprint density at radius 1 is 1.26 bits per heavy atom. The molecule has 0 aliphatic rings. The van der Waals surface area contributed by atoms with Gasteiger partial charge in [0.2, 0.25) is 0 Å². The zero-order chi connectivity index (χ0) is 14.3. The predicted molar refractivity (Wildman–Crippen MR) is 69.6 cm³/mol. The van der Waals surface area contributed by atoms with Gasteiger partial charge in [0.05, 0.1) is 21.4 Å². The molecule has 1 aromatic heterocycles. The summed E-state index contributed by atoms with van der Waals surface area (Å²) in [5, 5.41) is 22.0. The highest BCUT2D eigenvalue weighted by Gasteiger charge is 2.22. The Bertz CT molecular complexity index is 783. The summed E-state index contributed by atoms with van der Waals surface area (Å²) in [5.74, 6) is 0.521. The monoisotopic (exact) mass is 280 g/mol. The van der Waals surface area contributed by atoms with Crippen LogP contribution in [0.25, 0.3) is 10.9 Å². The Hall–Kier alpha value is -2.42. The van der Waals surface area contributed by atoms with E-state index < -0.39 is 15.5 Å². The second kappa shape index (κ2) is 4.35. The lowest BCUT2D eigenvalue weighted by atomic mass is 10.2. The third kappa shape index (κ3) is 2.03. The van der Waals surface area contributed by atoms with Gasteiger partial charge in [-0.2, -0.15) is 0 Å². The van der Waals surface area contributed by atoms with Crippen LogP contribution in [0, 0.1) is 31.8 Å². The number of nitro groups is 2. The molecular formula is C10H8N4O4S. The van der Waals surface area contributed by atoms with E-state index in [0.717, 1.165) is 6.07 Å². The molecule has 1 aromatic carbocycles. The molecule has 0 N–H and O–H groups in total. The third-order valence-corrected chi connectivity index (χ3v) is 3.25. The van der Waals surface area contributed by atoms with E-state index in [1.54, 1.807) is 14.0 Å². The minimum Gasteiger partial charge on any atom is -0.323 e. The maximum atomic E-state index is 11.0. The van der Waals surface area contributed by atoms with Crippen molar-refractivity contribution in [1.82, 2.24) is 9.55 Å². The van der Waals surface area contributed by atoms with Crippen molar-refractivity contribution in [3.8, 4) is 0 Å². The zero-order valence-electron chi connectivity index (χ0n) is 9.98. The van der Waals surface area contributed by atoms with E-state index in [-0.39, 0.29) is 21.2 Å². The van der Waals surface area contributed by atoms with Crippen molar-refractivity contribution in [2.75, 3.05) is 0 Å².